The van der Waals surface area contributed by atoms with Crippen molar-refractivity contribution >= 4 is 17.0 Å². The van der Waals surface area contributed by atoms with Crippen LogP contribution in [0.3, 0.4) is 0 Å². The van der Waals surface area contributed by atoms with E-state index >= 15 is 0 Å². The van der Waals surface area contributed by atoms with Gasteiger partial charge in [0.2, 0.25) is 0 Å². The highest BCUT2D eigenvalue weighted by atomic mass is 16.7. The highest BCUT2D eigenvalue weighted by Gasteiger charge is 2.70. The quantitative estimate of drug-likeness (QED) is 0.154. The smallest absolute Gasteiger partial charge is 0.194 e. The predicted molar refractivity (Wildman–Crippen MR) is 170 cm³/mol. The number of ether oxygens (including phenoxy) is 3. The Bertz CT molecular complexity index is 1640. The molecule has 11 nitrogen and oxygen atoms in total. The molecule has 238 valence electrons. The van der Waals surface area contributed by atoms with Crippen molar-refractivity contribution in [2.24, 2.45) is 0 Å². The van der Waals surface area contributed by atoms with Crippen LogP contribution < -0.4 is 5.48 Å². The first-order valence-corrected chi connectivity index (χ1v) is 15.5. The Hall–Kier alpha value is -4.23. The summed E-state index contributed by atoms with van der Waals surface area (Å²) in [5.41, 5.74) is 3.36. The van der Waals surface area contributed by atoms with E-state index in [9.17, 15) is 10.2 Å². The normalized spacial score (nSPS) is 25.1. The number of fused-ring (bicyclic) bond motifs is 1. The number of imidazole rings is 1. The van der Waals surface area contributed by atoms with Crippen LogP contribution in [0.25, 0.3) is 11.2 Å². The minimum atomic E-state index is -1.64. The molecule has 2 aromatic heterocycles. The van der Waals surface area contributed by atoms with Gasteiger partial charge in [-0.25, -0.2) is 20.4 Å². The molecule has 46 heavy (non-hydrogen) atoms. The number of aliphatic hydroxyl groups is 2. The minimum absolute atomic E-state index is 0.358. The van der Waals surface area contributed by atoms with Crippen molar-refractivity contribution in [2.75, 3.05) is 25.8 Å². The van der Waals surface area contributed by atoms with Crippen molar-refractivity contribution in [3.05, 3.63) is 120 Å². The van der Waals surface area contributed by atoms with E-state index in [4.69, 9.17) is 29.0 Å². The molecule has 0 bridgehead atoms. The minimum Gasteiger partial charge on any atom is -0.394 e. The van der Waals surface area contributed by atoms with Crippen LogP contribution in [0.2, 0.25) is 0 Å². The van der Waals surface area contributed by atoms with E-state index in [1.54, 1.807) is 6.33 Å². The van der Waals surface area contributed by atoms with Crippen LogP contribution >= 0.6 is 0 Å². The second-order valence-electron chi connectivity index (χ2n) is 11.5. The van der Waals surface area contributed by atoms with E-state index in [2.05, 4.69) is 10.5 Å². The monoisotopic (exact) mass is 623 g/mol. The fourth-order valence-corrected chi connectivity index (χ4v) is 7.20. The molecule has 0 aliphatic carbocycles. The fourth-order valence-electron chi connectivity index (χ4n) is 7.20. The second-order valence-corrected chi connectivity index (χ2v) is 11.5. The van der Waals surface area contributed by atoms with Crippen LogP contribution in [-0.4, -0.2) is 74.7 Å². The van der Waals surface area contributed by atoms with Gasteiger partial charge in [-0.3, -0.25) is 9.40 Å². The number of aromatic nitrogens is 4. The zero-order chi connectivity index (χ0) is 31.6. The Balaban J connectivity index is 1.64. The third kappa shape index (κ3) is 4.79. The predicted octanol–water partition coefficient (Wildman–Crippen LogP) is 4.15. The Morgan fingerprint density at radius 3 is 2.09 bits per heavy atom. The van der Waals surface area contributed by atoms with Crippen molar-refractivity contribution in [2.45, 2.75) is 55.0 Å². The van der Waals surface area contributed by atoms with E-state index in [0.717, 1.165) is 29.5 Å². The number of anilines is 1. The summed E-state index contributed by atoms with van der Waals surface area (Å²) in [5, 5.41) is 22.9. The van der Waals surface area contributed by atoms with Crippen molar-refractivity contribution < 1.29 is 29.3 Å². The maximum absolute atomic E-state index is 12.2. The fraction of sp³-hybridized carbons (Fsp3) is 0.343. The lowest BCUT2D eigenvalue weighted by atomic mass is 9.60. The summed E-state index contributed by atoms with van der Waals surface area (Å²) in [6.45, 7) is 0.0834. The first kappa shape index (κ1) is 30.4. The van der Waals surface area contributed by atoms with E-state index in [0.29, 0.717) is 30.0 Å². The number of nitrogens with zero attached hydrogens (tertiary/aromatic N) is 4. The molecule has 2 fully saturated rings. The molecule has 2 saturated heterocycles. The number of nitrogens with one attached hydrogen (secondary N) is 1. The van der Waals surface area contributed by atoms with Gasteiger partial charge in [0, 0.05) is 6.61 Å². The topological polar surface area (TPSA) is 133 Å². The van der Waals surface area contributed by atoms with Crippen molar-refractivity contribution in [1.82, 2.24) is 19.5 Å². The van der Waals surface area contributed by atoms with Gasteiger partial charge in [-0.05, 0) is 36.0 Å². The van der Waals surface area contributed by atoms with Gasteiger partial charge in [0.25, 0.3) is 0 Å². The maximum Gasteiger partial charge on any atom is 0.194 e. The standard InChI is InChI=1S/C35H37N5O6/c1-43-39-32-29-33(37-22-36-32)40(23-38-29)35(31(30(42)27(21-41)46-35)45-28-19-11-12-20-44-28)34(24-13-5-2-6-14-24,25-15-7-3-8-16-25)26-17-9-4-10-18-26/h2-10,13-18,22-23,27-28,30-31,41-42H,11-12,19-21H2,1H3,(H,36,37,39)/t27-,28?,30-,31-,35+/m1/s1. The average Bonchev–Trinajstić information content (AvgIpc) is 3.67. The summed E-state index contributed by atoms with van der Waals surface area (Å²) in [4.78, 5) is 19.0. The van der Waals surface area contributed by atoms with Gasteiger partial charge in [0.15, 0.2) is 29.0 Å². The summed E-state index contributed by atoms with van der Waals surface area (Å²) in [6, 6.07) is 30.0. The van der Waals surface area contributed by atoms with Gasteiger partial charge < -0.3 is 24.4 Å². The average molecular weight is 624 g/mol. The summed E-state index contributed by atoms with van der Waals surface area (Å²) >= 11 is 0. The van der Waals surface area contributed by atoms with Crippen LogP contribution in [0.15, 0.2) is 104 Å². The molecule has 3 aromatic carbocycles. The van der Waals surface area contributed by atoms with Gasteiger partial charge in [-0.2, -0.15) is 0 Å². The number of benzene rings is 3. The van der Waals surface area contributed by atoms with Crippen LogP contribution in [0, 0.1) is 0 Å². The molecular weight excluding hydrogens is 586 g/mol. The molecule has 11 heteroatoms. The molecule has 0 amide bonds. The van der Waals surface area contributed by atoms with Gasteiger partial charge in [-0.1, -0.05) is 91.0 Å². The van der Waals surface area contributed by atoms with E-state index in [-0.39, 0.29) is 0 Å². The summed E-state index contributed by atoms with van der Waals surface area (Å²) in [5.74, 6) is 0.358. The van der Waals surface area contributed by atoms with Crippen LogP contribution in [0.5, 0.6) is 0 Å². The lowest BCUT2D eigenvalue weighted by molar-refractivity contribution is -0.254. The van der Waals surface area contributed by atoms with Gasteiger partial charge in [0.1, 0.15) is 24.6 Å². The second kappa shape index (κ2) is 12.9. The van der Waals surface area contributed by atoms with Gasteiger partial charge >= 0.3 is 0 Å². The number of rotatable bonds is 10. The Morgan fingerprint density at radius 1 is 0.913 bits per heavy atom. The number of hydrogen-bond acceptors (Lipinski definition) is 10. The zero-order valence-electron chi connectivity index (χ0n) is 25.5. The van der Waals surface area contributed by atoms with Crippen LogP contribution in [0.4, 0.5) is 5.82 Å². The Morgan fingerprint density at radius 2 is 1.54 bits per heavy atom. The summed E-state index contributed by atoms with van der Waals surface area (Å²) < 4.78 is 22.0. The van der Waals surface area contributed by atoms with Crippen molar-refractivity contribution in [3.8, 4) is 0 Å². The molecule has 2 aliphatic rings. The highest BCUT2D eigenvalue weighted by Crippen LogP contribution is 2.58. The Kier molecular flexibility index (Phi) is 8.52. The molecule has 5 aromatic rings. The largest absolute Gasteiger partial charge is 0.394 e. The molecule has 3 N–H and O–H groups in total. The lowest BCUT2D eigenvalue weighted by Gasteiger charge is -2.52. The van der Waals surface area contributed by atoms with Gasteiger partial charge in [-0.15, -0.1) is 0 Å². The molecule has 5 atom stereocenters. The number of aliphatic hydroxyl groups excluding tert-OH is 2. The molecule has 1 unspecified atom stereocenters. The summed E-state index contributed by atoms with van der Waals surface area (Å²) in [7, 11) is 1.49. The molecule has 0 spiro atoms. The molecule has 2 aliphatic heterocycles. The van der Waals surface area contributed by atoms with Gasteiger partial charge in [0.05, 0.1) is 25.5 Å². The van der Waals surface area contributed by atoms with E-state index in [1.807, 2.05) is 95.6 Å². The third-order valence-electron chi connectivity index (χ3n) is 9.07. The van der Waals surface area contributed by atoms with Crippen molar-refractivity contribution in [3.63, 3.8) is 0 Å². The molecule has 7 rings (SSSR count). The van der Waals surface area contributed by atoms with E-state index in [1.165, 1.54) is 13.4 Å². The molecule has 0 radical (unpaired) electrons. The molecule has 4 heterocycles. The Labute approximate surface area is 266 Å². The SMILES string of the molecule is CONc1ncnc2c1ncn2[C@]1(C(c2ccccc2)(c2ccccc2)c2ccccc2)O[C@H](CO)[C@@H](O)[C@H]1OC1CCCCO1. The first-order valence-electron chi connectivity index (χ1n) is 15.5. The molecule has 0 saturated carbocycles. The third-order valence-corrected chi connectivity index (χ3v) is 9.07. The first-order chi connectivity index (χ1) is 22.6. The molecular formula is C35H37N5O6. The van der Waals surface area contributed by atoms with Crippen LogP contribution in [0.1, 0.15) is 36.0 Å². The van der Waals surface area contributed by atoms with E-state index < -0.39 is 42.3 Å². The summed E-state index contributed by atoms with van der Waals surface area (Å²) in [6.07, 6.45) is 1.56. The number of hydrogen-bond donors (Lipinski definition) is 3. The highest BCUT2D eigenvalue weighted by molar-refractivity contribution is 5.82. The zero-order valence-corrected chi connectivity index (χ0v) is 25.5. The van der Waals surface area contributed by atoms with Crippen LogP contribution in [-0.2, 0) is 30.2 Å². The lowest BCUT2D eigenvalue weighted by Crippen LogP contribution is -2.62. The van der Waals surface area contributed by atoms with Crippen molar-refractivity contribution in [1.29, 1.82) is 0 Å². The maximum atomic E-state index is 12.2.